The summed E-state index contributed by atoms with van der Waals surface area (Å²) in [6.45, 7) is 5.35. The van der Waals surface area contributed by atoms with Crippen molar-refractivity contribution >= 4 is 35.0 Å². The van der Waals surface area contributed by atoms with Gasteiger partial charge in [-0.15, -0.1) is 0 Å². The van der Waals surface area contributed by atoms with Crippen LogP contribution in [0, 0.1) is 0 Å². The Bertz CT molecular complexity index is 887. The van der Waals surface area contributed by atoms with Crippen molar-refractivity contribution in [2.45, 2.75) is 45.8 Å². The standard InChI is InChI=1S/C23H28Cl2N2O4/c1-5-15(2)26-23(29)16(3)27(13-17-18(24)9-8-10-19(17)25)22(28)14-31-21-12-7-6-11-20(21)30-4/h6-12,15-16H,5,13-14H2,1-4H3,(H,26,29)/t15-,16-/m1/s1. The molecule has 2 rings (SSSR count). The van der Waals surface area contributed by atoms with E-state index in [9.17, 15) is 9.59 Å². The van der Waals surface area contributed by atoms with Gasteiger partial charge in [-0.25, -0.2) is 0 Å². The van der Waals surface area contributed by atoms with Crippen LogP contribution in [0.25, 0.3) is 0 Å². The Kier molecular flexibility index (Phi) is 9.46. The number of nitrogens with zero attached hydrogens (tertiary/aromatic N) is 1. The summed E-state index contributed by atoms with van der Waals surface area (Å²) in [6.07, 6.45) is 0.777. The Balaban J connectivity index is 2.25. The number of hydrogen-bond donors (Lipinski definition) is 1. The average Bonchev–Trinajstić information content (AvgIpc) is 2.76. The molecule has 0 aliphatic carbocycles. The highest BCUT2D eigenvalue weighted by molar-refractivity contribution is 6.36. The van der Waals surface area contributed by atoms with Gasteiger partial charge in [0.1, 0.15) is 6.04 Å². The van der Waals surface area contributed by atoms with Gasteiger partial charge in [-0.2, -0.15) is 0 Å². The van der Waals surface area contributed by atoms with E-state index in [1.807, 2.05) is 13.8 Å². The lowest BCUT2D eigenvalue weighted by atomic mass is 10.1. The Labute approximate surface area is 193 Å². The maximum Gasteiger partial charge on any atom is 0.261 e. The maximum atomic E-state index is 13.1. The summed E-state index contributed by atoms with van der Waals surface area (Å²) in [6, 6.07) is 11.4. The number of hydrogen-bond acceptors (Lipinski definition) is 4. The van der Waals surface area contributed by atoms with Crippen molar-refractivity contribution in [1.82, 2.24) is 10.2 Å². The molecule has 2 aromatic carbocycles. The normalized spacial score (nSPS) is 12.6. The van der Waals surface area contributed by atoms with Crippen LogP contribution in [0.5, 0.6) is 11.5 Å². The zero-order valence-corrected chi connectivity index (χ0v) is 19.7. The van der Waals surface area contributed by atoms with E-state index in [0.717, 1.165) is 6.42 Å². The van der Waals surface area contributed by atoms with E-state index in [2.05, 4.69) is 5.32 Å². The fraction of sp³-hybridized carbons (Fsp3) is 0.391. The molecular weight excluding hydrogens is 439 g/mol. The molecule has 0 unspecified atom stereocenters. The lowest BCUT2D eigenvalue weighted by Gasteiger charge is -2.30. The predicted molar refractivity (Wildman–Crippen MR) is 123 cm³/mol. The van der Waals surface area contributed by atoms with Gasteiger partial charge in [0, 0.05) is 28.2 Å². The van der Waals surface area contributed by atoms with Crippen molar-refractivity contribution in [3.05, 3.63) is 58.1 Å². The molecule has 168 valence electrons. The Hall–Kier alpha value is -2.44. The predicted octanol–water partition coefficient (Wildman–Crippen LogP) is 4.71. The van der Waals surface area contributed by atoms with Crippen LogP contribution in [-0.2, 0) is 16.1 Å². The number of halogens is 2. The highest BCUT2D eigenvalue weighted by atomic mass is 35.5. The molecule has 1 N–H and O–H groups in total. The zero-order valence-electron chi connectivity index (χ0n) is 18.2. The number of amides is 2. The number of carbonyl (C=O) groups excluding carboxylic acids is 2. The van der Waals surface area contributed by atoms with Crippen LogP contribution in [0.3, 0.4) is 0 Å². The molecule has 0 aliphatic rings. The summed E-state index contributed by atoms with van der Waals surface area (Å²) in [5.41, 5.74) is 0.569. The van der Waals surface area contributed by atoms with Gasteiger partial charge in [0.25, 0.3) is 5.91 Å². The van der Waals surface area contributed by atoms with E-state index in [1.54, 1.807) is 49.4 Å². The largest absolute Gasteiger partial charge is 0.493 e. The number of rotatable bonds is 10. The molecule has 0 bridgehead atoms. The molecule has 2 amide bonds. The van der Waals surface area contributed by atoms with Gasteiger partial charge >= 0.3 is 0 Å². The highest BCUT2D eigenvalue weighted by Crippen LogP contribution is 2.28. The fourth-order valence-electron chi connectivity index (χ4n) is 2.86. The summed E-state index contributed by atoms with van der Waals surface area (Å²) in [7, 11) is 1.52. The van der Waals surface area contributed by atoms with Gasteiger partial charge in [0.15, 0.2) is 18.1 Å². The van der Waals surface area contributed by atoms with E-state index < -0.39 is 6.04 Å². The second kappa shape index (κ2) is 11.8. The van der Waals surface area contributed by atoms with Crippen molar-refractivity contribution in [1.29, 1.82) is 0 Å². The molecule has 0 heterocycles. The molecule has 0 aliphatic heterocycles. The molecule has 31 heavy (non-hydrogen) atoms. The smallest absolute Gasteiger partial charge is 0.261 e. The van der Waals surface area contributed by atoms with Crippen molar-refractivity contribution < 1.29 is 19.1 Å². The molecule has 0 aromatic heterocycles. The monoisotopic (exact) mass is 466 g/mol. The summed E-state index contributed by atoms with van der Waals surface area (Å²) in [5.74, 6) is 0.307. The number of ether oxygens (including phenoxy) is 2. The number of para-hydroxylation sites is 2. The van der Waals surface area contributed by atoms with Crippen molar-refractivity contribution in [2.24, 2.45) is 0 Å². The van der Waals surface area contributed by atoms with Crippen LogP contribution in [0.15, 0.2) is 42.5 Å². The van der Waals surface area contributed by atoms with Crippen molar-refractivity contribution in [3.8, 4) is 11.5 Å². The first kappa shape index (κ1) is 24.8. The van der Waals surface area contributed by atoms with E-state index >= 15 is 0 Å². The molecule has 8 heteroatoms. The van der Waals surface area contributed by atoms with E-state index in [0.29, 0.717) is 27.1 Å². The molecule has 0 saturated carbocycles. The van der Waals surface area contributed by atoms with Crippen molar-refractivity contribution in [2.75, 3.05) is 13.7 Å². The van der Waals surface area contributed by atoms with Gasteiger partial charge in [0.2, 0.25) is 5.91 Å². The molecular formula is C23H28Cl2N2O4. The van der Waals surface area contributed by atoms with E-state index in [-0.39, 0.29) is 31.0 Å². The Morgan fingerprint density at radius 3 is 2.23 bits per heavy atom. The number of methoxy groups -OCH3 is 1. The fourth-order valence-corrected chi connectivity index (χ4v) is 3.38. The molecule has 0 saturated heterocycles. The second-order valence-corrected chi connectivity index (χ2v) is 7.97. The van der Waals surface area contributed by atoms with Gasteiger partial charge in [-0.1, -0.05) is 48.3 Å². The molecule has 0 spiro atoms. The van der Waals surface area contributed by atoms with Gasteiger partial charge in [-0.05, 0) is 44.5 Å². The molecule has 0 fully saturated rings. The van der Waals surface area contributed by atoms with Crippen LogP contribution < -0.4 is 14.8 Å². The third kappa shape index (κ3) is 6.77. The summed E-state index contributed by atoms with van der Waals surface area (Å²) < 4.78 is 10.9. The second-order valence-electron chi connectivity index (χ2n) is 7.16. The lowest BCUT2D eigenvalue weighted by molar-refractivity contribution is -0.142. The van der Waals surface area contributed by atoms with Gasteiger partial charge < -0.3 is 19.7 Å². The number of benzene rings is 2. The number of carbonyl (C=O) groups is 2. The summed E-state index contributed by atoms with van der Waals surface area (Å²) in [5, 5.41) is 3.76. The summed E-state index contributed by atoms with van der Waals surface area (Å²) >= 11 is 12.6. The minimum atomic E-state index is -0.755. The lowest BCUT2D eigenvalue weighted by Crippen LogP contribution is -2.50. The summed E-state index contributed by atoms with van der Waals surface area (Å²) in [4.78, 5) is 27.3. The molecule has 0 radical (unpaired) electrons. The minimum absolute atomic E-state index is 0.0133. The average molecular weight is 467 g/mol. The third-order valence-corrected chi connectivity index (χ3v) is 5.69. The van der Waals surface area contributed by atoms with Crippen LogP contribution in [-0.4, -0.2) is 42.5 Å². The van der Waals surface area contributed by atoms with Crippen LogP contribution in [0.1, 0.15) is 32.8 Å². The number of nitrogens with one attached hydrogen (secondary N) is 1. The molecule has 6 nitrogen and oxygen atoms in total. The topological polar surface area (TPSA) is 67.9 Å². The zero-order chi connectivity index (χ0) is 23.0. The Morgan fingerprint density at radius 2 is 1.65 bits per heavy atom. The van der Waals surface area contributed by atoms with E-state index in [4.69, 9.17) is 32.7 Å². The third-order valence-electron chi connectivity index (χ3n) is 4.98. The van der Waals surface area contributed by atoms with Crippen LogP contribution in [0.2, 0.25) is 10.0 Å². The van der Waals surface area contributed by atoms with Crippen LogP contribution >= 0.6 is 23.2 Å². The highest BCUT2D eigenvalue weighted by Gasteiger charge is 2.28. The molecule has 2 atom stereocenters. The van der Waals surface area contributed by atoms with E-state index in [1.165, 1.54) is 12.0 Å². The minimum Gasteiger partial charge on any atom is -0.493 e. The van der Waals surface area contributed by atoms with Crippen molar-refractivity contribution in [3.63, 3.8) is 0 Å². The first-order chi connectivity index (χ1) is 14.8. The van der Waals surface area contributed by atoms with Gasteiger partial charge in [0.05, 0.1) is 7.11 Å². The maximum absolute atomic E-state index is 13.1. The Morgan fingerprint density at radius 1 is 1.03 bits per heavy atom. The first-order valence-corrected chi connectivity index (χ1v) is 10.8. The quantitative estimate of drug-likeness (QED) is 0.550. The first-order valence-electron chi connectivity index (χ1n) is 10.1. The SMILES string of the molecule is CC[C@@H](C)NC(=O)[C@@H](C)N(Cc1c(Cl)cccc1Cl)C(=O)COc1ccccc1OC. The van der Waals surface area contributed by atoms with Gasteiger partial charge in [-0.3, -0.25) is 9.59 Å². The van der Waals surface area contributed by atoms with Crippen LogP contribution in [0.4, 0.5) is 0 Å². The molecule has 2 aromatic rings.